The molecule has 0 aliphatic rings. The van der Waals surface area contributed by atoms with E-state index in [1.54, 1.807) is 10.9 Å². The summed E-state index contributed by atoms with van der Waals surface area (Å²) in [6.45, 7) is 6.05. The van der Waals surface area contributed by atoms with Crippen LogP contribution in [0.4, 0.5) is 10.5 Å². The Morgan fingerprint density at radius 2 is 2.39 bits per heavy atom. The number of hydrogen-bond acceptors (Lipinski definition) is 3. The van der Waals surface area contributed by atoms with Gasteiger partial charge in [-0.1, -0.05) is 6.08 Å². The van der Waals surface area contributed by atoms with Crippen LogP contribution in [0.25, 0.3) is 0 Å². The van der Waals surface area contributed by atoms with E-state index in [0.29, 0.717) is 12.2 Å². The van der Waals surface area contributed by atoms with E-state index in [2.05, 4.69) is 22.3 Å². The zero-order chi connectivity index (χ0) is 13.5. The summed E-state index contributed by atoms with van der Waals surface area (Å²) in [5.41, 5.74) is 0.511. The van der Waals surface area contributed by atoms with Gasteiger partial charge < -0.3 is 15.7 Å². The summed E-state index contributed by atoms with van der Waals surface area (Å²) in [6, 6.07) is -1.57. The molecule has 0 radical (unpaired) electrons. The lowest BCUT2D eigenvalue weighted by Gasteiger charge is -2.12. The van der Waals surface area contributed by atoms with Crippen molar-refractivity contribution in [1.82, 2.24) is 15.1 Å². The smallest absolute Gasteiger partial charge is 0.326 e. The molecule has 0 spiro atoms. The minimum Gasteiger partial charge on any atom is -0.480 e. The van der Waals surface area contributed by atoms with Crippen LogP contribution in [-0.2, 0) is 11.3 Å². The fraction of sp³-hybridized carbons (Fsp3) is 0.364. The number of carboxylic acid groups (broad SMARTS) is 1. The fourth-order valence-electron chi connectivity index (χ4n) is 1.31. The van der Waals surface area contributed by atoms with Crippen molar-refractivity contribution in [1.29, 1.82) is 0 Å². The van der Waals surface area contributed by atoms with E-state index in [9.17, 15) is 9.59 Å². The molecule has 0 saturated carbocycles. The van der Waals surface area contributed by atoms with Crippen LogP contribution in [0.15, 0.2) is 25.0 Å². The maximum atomic E-state index is 11.5. The van der Waals surface area contributed by atoms with Crippen molar-refractivity contribution in [2.45, 2.75) is 25.9 Å². The van der Waals surface area contributed by atoms with Crippen LogP contribution >= 0.6 is 0 Å². The van der Waals surface area contributed by atoms with Gasteiger partial charge in [-0.3, -0.25) is 4.68 Å². The fourth-order valence-corrected chi connectivity index (χ4v) is 1.31. The molecule has 0 bridgehead atoms. The van der Waals surface area contributed by atoms with E-state index in [-0.39, 0.29) is 6.42 Å². The molecule has 0 fully saturated rings. The van der Waals surface area contributed by atoms with Crippen molar-refractivity contribution >= 4 is 17.7 Å². The number of urea groups is 1. The van der Waals surface area contributed by atoms with Crippen LogP contribution < -0.4 is 10.6 Å². The van der Waals surface area contributed by atoms with Gasteiger partial charge in [0, 0.05) is 12.7 Å². The number of anilines is 1. The molecule has 3 N–H and O–H groups in total. The van der Waals surface area contributed by atoms with E-state index in [0.717, 1.165) is 0 Å². The number of nitrogens with zero attached hydrogens (tertiary/aromatic N) is 2. The third kappa shape index (κ3) is 3.93. The van der Waals surface area contributed by atoms with Crippen molar-refractivity contribution in [3.8, 4) is 0 Å². The van der Waals surface area contributed by atoms with Gasteiger partial charge in [-0.05, 0) is 13.3 Å². The molecule has 1 unspecified atom stereocenters. The standard InChI is InChI=1S/C11H16N4O3/c1-3-5-9(10(16)17)14-11(18)13-8-6-12-15(4-2)7-8/h3,6-7,9H,1,4-5H2,2H3,(H,16,17)(H2,13,14,18). The number of rotatable bonds is 6. The monoisotopic (exact) mass is 252 g/mol. The molecule has 1 aromatic rings. The molecule has 1 heterocycles. The Morgan fingerprint density at radius 3 is 2.89 bits per heavy atom. The first kappa shape index (κ1) is 13.8. The Balaban J connectivity index is 2.54. The minimum atomic E-state index is -1.10. The SMILES string of the molecule is C=CCC(NC(=O)Nc1cnn(CC)c1)C(=O)O. The van der Waals surface area contributed by atoms with Gasteiger partial charge >= 0.3 is 12.0 Å². The van der Waals surface area contributed by atoms with Gasteiger partial charge in [0.25, 0.3) is 0 Å². The molecule has 7 nitrogen and oxygen atoms in total. The number of carbonyl (C=O) groups excluding carboxylic acids is 1. The normalized spacial score (nSPS) is 11.6. The van der Waals surface area contributed by atoms with Crippen molar-refractivity contribution in [2.75, 3.05) is 5.32 Å². The van der Waals surface area contributed by atoms with Crippen molar-refractivity contribution in [3.05, 3.63) is 25.0 Å². The van der Waals surface area contributed by atoms with Gasteiger partial charge in [-0.25, -0.2) is 9.59 Å². The molecule has 0 aliphatic heterocycles. The average molecular weight is 252 g/mol. The molecule has 18 heavy (non-hydrogen) atoms. The lowest BCUT2D eigenvalue weighted by Crippen LogP contribution is -2.42. The second kappa shape index (κ2) is 6.43. The Hall–Kier alpha value is -2.31. The van der Waals surface area contributed by atoms with Crippen LogP contribution in [0.5, 0.6) is 0 Å². The highest BCUT2D eigenvalue weighted by atomic mass is 16.4. The molecule has 1 rings (SSSR count). The predicted molar refractivity (Wildman–Crippen MR) is 66.3 cm³/mol. The lowest BCUT2D eigenvalue weighted by molar-refractivity contribution is -0.139. The summed E-state index contributed by atoms with van der Waals surface area (Å²) in [7, 11) is 0. The second-order valence-corrected chi connectivity index (χ2v) is 3.60. The van der Waals surface area contributed by atoms with Crippen LogP contribution in [0.2, 0.25) is 0 Å². The van der Waals surface area contributed by atoms with E-state index >= 15 is 0 Å². The van der Waals surface area contributed by atoms with Gasteiger partial charge in [0.15, 0.2) is 0 Å². The number of carboxylic acids is 1. The van der Waals surface area contributed by atoms with Crippen LogP contribution in [0, 0.1) is 0 Å². The Kier molecular flexibility index (Phi) is 4.91. The first-order chi connectivity index (χ1) is 8.56. The predicted octanol–water partition coefficient (Wildman–Crippen LogP) is 1.05. The summed E-state index contributed by atoms with van der Waals surface area (Å²) < 4.78 is 1.65. The van der Waals surface area contributed by atoms with Gasteiger partial charge in [-0.2, -0.15) is 5.10 Å². The number of aromatic nitrogens is 2. The zero-order valence-corrected chi connectivity index (χ0v) is 10.1. The van der Waals surface area contributed by atoms with Crippen molar-refractivity contribution < 1.29 is 14.7 Å². The topological polar surface area (TPSA) is 96.3 Å². The maximum absolute atomic E-state index is 11.5. The average Bonchev–Trinajstić information content (AvgIpc) is 2.76. The van der Waals surface area contributed by atoms with Gasteiger partial charge in [0.2, 0.25) is 0 Å². The molecule has 1 aromatic heterocycles. The van der Waals surface area contributed by atoms with Crippen LogP contribution in [0.1, 0.15) is 13.3 Å². The van der Waals surface area contributed by atoms with Crippen molar-refractivity contribution in [2.24, 2.45) is 0 Å². The first-order valence-corrected chi connectivity index (χ1v) is 5.50. The highest BCUT2D eigenvalue weighted by Gasteiger charge is 2.18. The molecule has 0 saturated heterocycles. The molecule has 0 aliphatic carbocycles. The molecular formula is C11H16N4O3. The highest BCUT2D eigenvalue weighted by Crippen LogP contribution is 2.04. The Labute approximate surface area is 104 Å². The highest BCUT2D eigenvalue weighted by molar-refractivity contribution is 5.92. The van der Waals surface area contributed by atoms with E-state index < -0.39 is 18.0 Å². The lowest BCUT2D eigenvalue weighted by atomic mass is 10.2. The van der Waals surface area contributed by atoms with Gasteiger partial charge in [0.1, 0.15) is 6.04 Å². The summed E-state index contributed by atoms with van der Waals surface area (Å²) in [6.07, 6.45) is 4.75. The number of aryl methyl sites for hydroxylation is 1. The van der Waals surface area contributed by atoms with E-state index in [4.69, 9.17) is 5.11 Å². The summed E-state index contributed by atoms with van der Waals surface area (Å²) in [5, 5.41) is 17.7. The minimum absolute atomic E-state index is 0.164. The molecule has 2 amide bonds. The Bertz CT molecular complexity index is 441. The quantitative estimate of drug-likeness (QED) is 0.659. The maximum Gasteiger partial charge on any atom is 0.326 e. The Morgan fingerprint density at radius 1 is 1.67 bits per heavy atom. The van der Waals surface area contributed by atoms with Gasteiger partial charge in [-0.15, -0.1) is 6.58 Å². The second-order valence-electron chi connectivity index (χ2n) is 3.60. The molecule has 0 aromatic carbocycles. The summed E-state index contributed by atoms with van der Waals surface area (Å²) in [5.74, 6) is -1.10. The zero-order valence-electron chi connectivity index (χ0n) is 10.1. The number of aliphatic carboxylic acids is 1. The summed E-state index contributed by atoms with van der Waals surface area (Å²) in [4.78, 5) is 22.4. The van der Waals surface area contributed by atoms with Gasteiger partial charge in [0.05, 0.1) is 11.9 Å². The molecular weight excluding hydrogens is 236 g/mol. The number of amides is 2. The summed E-state index contributed by atoms with van der Waals surface area (Å²) >= 11 is 0. The molecule has 7 heteroatoms. The van der Waals surface area contributed by atoms with E-state index in [1.807, 2.05) is 6.92 Å². The number of nitrogens with one attached hydrogen (secondary N) is 2. The largest absolute Gasteiger partial charge is 0.480 e. The first-order valence-electron chi connectivity index (χ1n) is 5.50. The number of carbonyl (C=O) groups is 2. The van der Waals surface area contributed by atoms with E-state index in [1.165, 1.54) is 12.3 Å². The van der Waals surface area contributed by atoms with Crippen LogP contribution in [0.3, 0.4) is 0 Å². The van der Waals surface area contributed by atoms with Crippen LogP contribution in [-0.4, -0.2) is 32.9 Å². The number of hydrogen-bond donors (Lipinski definition) is 3. The molecule has 98 valence electrons. The third-order valence-corrected chi connectivity index (χ3v) is 2.22. The van der Waals surface area contributed by atoms with Crippen molar-refractivity contribution in [3.63, 3.8) is 0 Å². The third-order valence-electron chi connectivity index (χ3n) is 2.22. The molecule has 1 atom stereocenters.